The molecule has 0 radical (unpaired) electrons. The van der Waals surface area contributed by atoms with Crippen LogP contribution in [-0.2, 0) is 24.5 Å². The van der Waals surface area contributed by atoms with Crippen molar-refractivity contribution in [3.8, 4) is 0 Å². The van der Waals surface area contributed by atoms with Crippen molar-refractivity contribution in [2.75, 3.05) is 6.54 Å². The summed E-state index contributed by atoms with van der Waals surface area (Å²) in [5.74, 6) is 1.92. The van der Waals surface area contributed by atoms with Crippen molar-refractivity contribution >= 4 is 11.3 Å². The summed E-state index contributed by atoms with van der Waals surface area (Å²) in [6.07, 6.45) is 1.14. The van der Waals surface area contributed by atoms with Crippen LogP contribution < -0.4 is 5.32 Å². The lowest BCUT2D eigenvalue weighted by Gasteiger charge is -2.01. The van der Waals surface area contributed by atoms with Crippen molar-refractivity contribution < 1.29 is 9.15 Å². The fourth-order valence-corrected chi connectivity index (χ4v) is 2.50. The molecule has 0 aromatic carbocycles. The van der Waals surface area contributed by atoms with Gasteiger partial charge in [0, 0.05) is 4.88 Å². The molecule has 4 heteroatoms. The van der Waals surface area contributed by atoms with Crippen LogP contribution in [0.3, 0.4) is 0 Å². The lowest BCUT2D eigenvalue weighted by atomic mass is 10.2. The molecule has 0 fully saturated rings. The number of rotatable bonds is 8. The first kappa shape index (κ1) is 14.3. The highest BCUT2D eigenvalue weighted by Crippen LogP contribution is 2.17. The summed E-state index contributed by atoms with van der Waals surface area (Å²) in [5, 5.41) is 5.41. The Morgan fingerprint density at radius 3 is 3.00 bits per heavy atom. The van der Waals surface area contributed by atoms with E-state index in [1.807, 2.05) is 6.07 Å². The zero-order chi connectivity index (χ0) is 13.5. The molecule has 2 heterocycles. The molecule has 0 aliphatic heterocycles. The Kier molecular flexibility index (Phi) is 5.63. The van der Waals surface area contributed by atoms with E-state index in [0.717, 1.165) is 31.0 Å². The number of furan rings is 1. The van der Waals surface area contributed by atoms with Gasteiger partial charge in [0.2, 0.25) is 0 Å². The number of nitrogens with one attached hydrogen (secondary N) is 1. The first-order chi connectivity index (χ1) is 9.29. The maximum Gasteiger partial charge on any atom is 0.130 e. The van der Waals surface area contributed by atoms with Gasteiger partial charge in [-0.05, 0) is 43.0 Å². The van der Waals surface area contributed by atoms with Crippen molar-refractivity contribution in [1.29, 1.82) is 0 Å². The van der Waals surface area contributed by atoms with Crippen molar-refractivity contribution in [2.24, 2.45) is 0 Å². The molecule has 0 amide bonds. The molecular weight excluding hydrogens is 258 g/mol. The van der Waals surface area contributed by atoms with Gasteiger partial charge in [-0.3, -0.25) is 0 Å². The summed E-state index contributed by atoms with van der Waals surface area (Å²) < 4.78 is 11.5. The Bertz CT molecular complexity index is 476. The van der Waals surface area contributed by atoms with Crippen LogP contribution in [-0.4, -0.2) is 6.54 Å². The quantitative estimate of drug-likeness (QED) is 0.745. The van der Waals surface area contributed by atoms with E-state index >= 15 is 0 Å². The van der Waals surface area contributed by atoms with Gasteiger partial charge in [-0.2, -0.15) is 0 Å². The lowest BCUT2D eigenvalue weighted by Crippen LogP contribution is -2.13. The zero-order valence-electron chi connectivity index (χ0n) is 11.6. The zero-order valence-corrected chi connectivity index (χ0v) is 12.4. The largest absolute Gasteiger partial charge is 0.462 e. The minimum absolute atomic E-state index is 0.534. The molecular formula is C15H21NO2S. The molecule has 2 rings (SSSR count). The van der Waals surface area contributed by atoms with E-state index in [1.54, 1.807) is 11.3 Å². The molecule has 19 heavy (non-hydrogen) atoms. The van der Waals surface area contributed by atoms with Gasteiger partial charge in [0.05, 0.1) is 13.2 Å². The van der Waals surface area contributed by atoms with Gasteiger partial charge in [-0.25, -0.2) is 0 Å². The first-order valence-electron chi connectivity index (χ1n) is 6.68. The highest BCUT2D eigenvalue weighted by molar-refractivity contribution is 7.09. The fraction of sp³-hybridized carbons (Fsp3) is 0.467. The van der Waals surface area contributed by atoms with Crippen LogP contribution >= 0.6 is 11.3 Å². The monoisotopic (exact) mass is 279 g/mol. The molecule has 2 aromatic heterocycles. The van der Waals surface area contributed by atoms with Crippen molar-refractivity contribution in [3.05, 3.63) is 45.5 Å². The van der Waals surface area contributed by atoms with Crippen LogP contribution in [0.4, 0.5) is 0 Å². The number of hydrogen-bond acceptors (Lipinski definition) is 4. The van der Waals surface area contributed by atoms with Crippen molar-refractivity contribution in [1.82, 2.24) is 5.32 Å². The van der Waals surface area contributed by atoms with Crippen molar-refractivity contribution in [3.63, 3.8) is 0 Å². The van der Waals surface area contributed by atoms with E-state index < -0.39 is 0 Å². The molecule has 0 spiro atoms. The van der Waals surface area contributed by atoms with Gasteiger partial charge in [0.15, 0.2) is 0 Å². The molecule has 3 nitrogen and oxygen atoms in total. The predicted octanol–water partition coefficient (Wildman–Crippen LogP) is 3.87. The molecule has 0 atom stereocenters. The summed E-state index contributed by atoms with van der Waals surface area (Å²) in [6.45, 7) is 7.24. The third-order valence-corrected chi connectivity index (χ3v) is 3.70. The van der Waals surface area contributed by atoms with Crippen LogP contribution in [0.2, 0.25) is 0 Å². The van der Waals surface area contributed by atoms with E-state index in [0.29, 0.717) is 13.2 Å². The van der Waals surface area contributed by atoms with E-state index in [4.69, 9.17) is 9.15 Å². The summed E-state index contributed by atoms with van der Waals surface area (Å²) in [5.41, 5.74) is 1.19. The molecule has 104 valence electrons. The van der Waals surface area contributed by atoms with Gasteiger partial charge >= 0.3 is 0 Å². The van der Waals surface area contributed by atoms with Gasteiger partial charge in [-0.15, -0.1) is 11.3 Å². The van der Waals surface area contributed by atoms with E-state index in [2.05, 4.69) is 36.7 Å². The maximum atomic E-state index is 5.80. The average molecular weight is 279 g/mol. The number of hydrogen-bond donors (Lipinski definition) is 1. The lowest BCUT2D eigenvalue weighted by molar-refractivity contribution is 0.0938. The third-order valence-electron chi connectivity index (χ3n) is 2.85. The topological polar surface area (TPSA) is 34.4 Å². The summed E-state index contributed by atoms with van der Waals surface area (Å²) in [4.78, 5) is 1.24. The first-order valence-corrected chi connectivity index (χ1v) is 7.56. The molecule has 0 unspecified atom stereocenters. The Morgan fingerprint density at radius 2 is 2.26 bits per heavy atom. The SMILES string of the molecule is CCCNCc1oc(COCc2cccs2)cc1C. The molecule has 0 saturated heterocycles. The molecule has 0 saturated carbocycles. The maximum absolute atomic E-state index is 5.80. The molecule has 0 aliphatic carbocycles. The van der Waals surface area contributed by atoms with Crippen LogP contribution in [0.25, 0.3) is 0 Å². The molecule has 0 aliphatic rings. The standard InChI is InChI=1S/C15H21NO2S/c1-3-6-16-9-15-12(2)8-13(18-15)10-17-11-14-5-4-7-19-14/h4-5,7-8,16H,3,6,9-11H2,1-2H3. The Hall–Kier alpha value is -1.10. The average Bonchev–Trinajstić information content (AvgIpc) is 3.01. The molecule has 1 N–H and O–H groups in total. The highest BCUT2D eigenvalue weighted by Gasteiger charge is 2.07. The number of aryl methyl sites for hydroxylation is 1. The van der Waals surface area contributed by atoms with Crippen LogP contribution in [0.1, 0.15) is 35.3 Å². The minimum Gasteiger partial charge on any atom is -0.462 e. The predicted molar refractivity (Wildman–Crippen MR) is 78.3 cm³/mol. The molecule has 2 aromatic rings. The van der Waals surface area contributed by atoms with Gasteiger partial charge in [0.25, 0.3) is 0 Å². The minimum atomic E-state index is 0.534. The van der Waals surface area contributed by atoms with Gasteiger partial charge < -0.3 is 14.5 Å². The van der Waals surface area contributed by atoms with Crippen LogP contribution in [0, 0.1) is 6.92 Å². The van der Waals surface area contributed by atoms with E-state index in [-0.39, 0.29) is 0 Å². The second kappa shape index (κ2) is 7.48. The van der Waals surface area contributed by atoms with E-state index in [9.17, 15) is 0 Å². The van der Waals surface area contributed by atoms with Gasteiger partial charge in [-0.1, -0.05) is 13.0 Å². The Labute approximate surface area is 118 Å². The smallest absolute Gasteiger partial charge is 0.130 e. The fourth-order valence-electron chi connectivity index (χ4n) is 1.86. The van der Waals surface area contributed by atoms with E-state index in [1.165, 1.54) is 10.4 Å². The molecule has 0 bridgehead atoms. The second-order valence-electron chi connectivity index (χ2n) is 4.57. The summed E-state index contributed by atoms with van der Waals surface area (Å²) >= 11 is 1.71. The normalized spacial score (nSPS) is 11.1. The van der Waals surface area contributed by atoms with Gasteiger partial charge in [0.1, 0.15) is 18.1 Å². The van der Waals surface area contributed by atoms with Crippen LogP contribution in [0.5, 0.6) is 0 Å². The van der Waals surface area contributed by atoms with Crippen molar-refractivity contribution in [2.45, 2.75) is 40.0 Å². The second-order valence-corrected chi connectivity index (χ2v) is 5.60. The highest BCUT2D eigenvalue weighted by atomic mass is 32.1. The third kappa shape index (κ3) is 4.49. The Balaban J connectivity index is 1.78. The summed E-state index contributed by atoms with van der Waals surface area (Å²) in [6, 6.07) is 6.19. The number of ether oxygens (including phenoxy) is 1. The van der Waals surface area contributed by atoms with Crippen LogP contribution in [0.15, 0.2) is 28.0 Å². The Morgan fingerprint density at radius 1 is 1.37 bits per heavy atom. The number of thiophene rings is 1. The summed E-state index contributed by atoms with van der Waals surface area (Å²) in [7, 11) is 0.